The molecule has 2 aromatic heterocycles. The van der Waals surface area contributed by atoms with Gasteiger partial charge < -0.3 is 14.0 Å². The molecule has 0 unspecified atom stereocenters. The summed E-state index contributed by atoms with van der Waals surface area (Å²) in [6.45, 7) is 10.4. The van der Waals surface area contributed by atoms with Gasteiger partial charge in [-0.15, -0.1) is 0 Å². The molecule has 43 heavy (non-hydrogen) atoms. The SMILES string of the molecule is CCOC(=O)C1=C(C)N=c2s/c(=C/c3cc(C)n(-c4cccc5ccccc45)c3C)c(=O)n2[C@@H]1c1ccc(OCC)cc1. The van der Waals surface area contributed by atoms with Gasteiger partial charge in [-0.2, -0.15) is 0 Å². The lowest BCUT2D eigenvalue weighted by molar-refractivity contribution is -0.139. The van der Waals surface area contributed by atoms with Crippen molar-refractivity contribution in [3.63, 3.8) is 0 Å². The number of hydrogen-bond acceptors (Lipinski definition) is 6. The van der Waals surface area contributed by atoms with E-state index in [-0.39, 0.29) is 12.2 Å². The number of hydrogen-bond donors (Lipinski definition) is 0. The Morgan fingerprint density at radius 1 is 0.977 bits per heavy atom. The summed E-state index contributed by atoms with van der Waals surface area (Å²) in [5.74, 6) is 0.245. The number of aromatic nitrogens is 2. The number of fused-ring (bicyclic) bond motifs is 2. The molecular weight excluding hydrogens is 558 g/mol. The van der Waals surface area contributed by atoms with Gasteiger partial charge in [0.1, 0.15) is 5.75 Å². The summed E-state index contributed by atoms with van der Waals surface area (Å²) < 4.78 is 15.5. The van der Waals surface area contributed by atoms with E-state index in [1.54, 1.807) is 18.4 Å². The maximum atomic E-state index is 14.1. The minimum Gasteiger partial charge on any atom is -0.494 e. The highest BCUT2D eigenvalue weighted by Crippen LogP contribution is 2.32. The van der Waals surface area contributed by atoms with Crippen molar-refractivity contribution >= 4 is 34.2 Å². The van der Waals surface area contributed by atoms with Crippen molar-refractivity contribution in [2.45, 2.75) is 40.7 Å². The zero-order valence-corrected chi connectivity index (χ0v) is 25.7. The third kappa shape index (κ3) is 5.02. The predicted octanol–water partition coefficient (Wildman–Crippen LogP) is 5.76. The summed E-state index contributed by atoms with van der Waals surface area (Å²) in [6.07, 6.45) is 1.94. The summed E-state index contributed by atoms with van der Waals surface area (Å²) >= 11 is 1.33. The van der Waals surface area contributed by atoms with E-state index in [1.165, 1.54) is 16.7 Å². The molecule has 7 nitrogen and oxygen atoms in total. The molecule has 218 valence electrons. The molecule has 0 bridgehead atoms. The fourth-order valence-corrected chi connectivity index (χ4v) is 6.91. The van der Waals surface area contributed by atoms with Crippen LogP contribution in [-0.4, -0.2) is 28.3 Å². The Labute approximate surface area is 253 Å². The summed E-state index contributed by atoms with van der Waals surface area (Å²) in [6, 6.07) is 23.6. The first-order chi connectivity index (χ1) is 20.8. The molecule has 6 rings (SSSR count). The van der Waals surface area contributed by atoms with Gasteiger partial charge in [-0.05, 0) is 81.5 Å². The fraction of sp³-hybridized carbons (Fsp3) is 0.229. The Morgan fingerprint density at radius 3 is 2.47 bits per heavy atom. The molecule has 3 heterocycles. The van der Waals surface area contributed by atoms with Crippen molar-refractivity contribution in [1.29, 1.82) is 0 Å². The number of esters is 1. The van der Waals surface area contributed by atoms with Gasteiger partial charge in [-0.1, -0.05) is 59.9 Å². The molecule has 1 atom stereocenters. The number of nitrogens with zero attached hydrogens (tertiary/aromatic N) is 3. The topological polar surface area (TPSA) is 74.8 Å². The second-order valence-electron chi connectivity index (χ2n) is 10.5. The second-order valence-corrected chi connectivity index (χ2v) is 11.5. The Hall–Kier alpha value is -4.69. The summed E-state index contributed by atoms with van der Waals surface area (Å²) in [5, 5.41) is 2.33. The smallest absolute Gasteiger partial charge is 0.338 e. The van der Waals surface area contributed by atoms with Crippen LogP contribution >= 0.6 is 11.3 Å². The van der Waals surface area contributed by atoms with Gasteiger partial charge in [0.05, 0.1) is 40.7 Å². The maximum absolute atomic E-state index is 14.1. The standard InChI is InChI=1S/C35H33N3O4S/c1-6-41-27-17-15-25(16-18-27)32-31(34(40)42-7-2)22(4)36-35-38(32)33(39)30(43-35)20-26-19-21(3)37(23(26)5)29-14-10-12-24-11-8-9-13-28(24)29/h8-20,32H,6-7H2,1-5H3/b30-20+/t32-/m1/s1. The van der Waals surface area contributed by atoms with Crippen LogP contribution in [0.5, 0.6) is 5.75 Å². The molecule has 1 aliphatic heterocycles. The highest BCUT2D eigenvalue weighted by atomic mass is 32.1. The first-order valence-corrected chi connectivity index (χ1v) is 15.2. The quantitative estimate of drug-likeness (QED) is 0.226. The normalized spacial score (nSPS) is 15.0. The molecule has 0 fully saturated rings. The Kier molecular flexibility index (Phi) is 7.62. The van der Waals surface area contributed by atoms with E-state index >= 15 is 0 Å². The van der Waals surface area contributed by atoms with Gasteiger partial charge in [-0.25, -0.2) is 9.79 Å². The minimum atomic E-state index is -0.670. The summed E-state index contributed by atoms with van der Waals surface area (Å²) in [7, 11) is 0. The van der Waals surface area contributed by atoms with Crippen LogP contribution in [0, 0.1) is 13.8 Å². The lowest BCUT2D eigenvalue weighted by atomic mass is 9.96. The molecule has 0 spiro atoms. The number of carbonyl (C=O) groups is 1. The van der Waals surface area contributed by atoms with E-state index < -0.39 is 12.0 Å². The van der Waals surface area contributed by atoms with Gasteiger partial charge in [-0.3, -0.25) is 9.36 Å². The lowest BCUT2D eigenvalue weighted by Crippen LogP contribution is -2.39. The number of thiazole rings is 1. The van der Waals surface area contributed by atoms with E-state index in [0.29, 0.717) is 27.2 Å². The van der Waals surface area contributed by atoms with Crippen molar-refractivity contribution in [3.8, 4) is 11.4 Å². The third-order valence-corrected chi connectivity index (χ3v) is 8.77. The number of carbonyl (C=O) groups excluding carboxylic acids is 1. The van der Waals surface area contributed by atoms with E-state index in [2.05, 4.69) is 60.9 Å². The van der Waals surface area contributed by atoms with Gasteiger partial charge >= 0.3 is 5.97 Å². The summed E-state index contributed by atoms with van der Waals surface area (Å²) in [4.78, 5) is 32.6. The fourth-order valence-electron chi connectivity index (χ4n) is 5.87. The average molecular weight is 592 g/mol. The Morgan fingerprint density at radius 2 is 1.72 bits per heavy atom. The van der Waals surface area contributed by atoms with Gasteiger partial charge in [0.2, 0.25) is 0 Å². The molecule has 3 aromatic carbocycles. The number of rotatable bonds is 7. The zero-order valence-electron chi connectivity index (χ0n) is 24.9. The van der Waals surface area contributed by atoms with Crippen LogP contribution < -0.4 is 19.6 Å². The number of ether oxygens (including phenoxy) is 2. The first kappa shape index (κ1) is 28.4. The van der Waals surface area contributed by atoms with E-state index in [1.807, 2.05) is 43.3 Å². The number of allylic oxidation sites excluding steroid dienone is 1. The largest absolute Gasteiger partial charge is 0.494 e. The summed E-state index contributed by atoms with van der Waals surface area (Å²) in [5.41, 5.74) is 5.63. The molecule has 5 aromatic rings. The average Bonchev–Trinajstić information content (AvgIpc) is 3.46. The van der Waals surface area contributed by atoms with E-state index in [9.17, 15) is 9.59 Å². The van der Waals surface area contributed by atoms with Crippen LogP contribution in [-0.2, 0) is 9.53 Å². The van der Waals surface area contributed by atoms with E-state index in [0.717, 1.165) is 39.3 Å². The van der Waals surface area contributed by atoms with Crippen molar-refractivity contribution in [3.05, 3.63) is 126 Å². The van der Waals surface area contributed by atoms with Gasteiger partial charge in [0, 0.05) is 16.8 Å². The monoisotopic (exact) mass is 591 g/mol. The van der Waals surface area contributed by atoms with Gasteiger partial charge in [0.25, 0.3) is 5.56 Å². The first-order valence-electron chi connectivity index (χ1n) is 14.4. The molecular formula is C35H33N3O4S. The molecule has 0 saturated heterocycles. The van der Waals surface area contributed by atoms with E-state index in [4.69, 9.17) is 14.5 Å². The number of aryl methyl sites for hydroxylation is 1. The van der Waals surface area contributed by atoms with Crippen LogP contribution in [0.3, 0.4) is 0 Å². The Balaban J connectivity index is 1.51. The predicted molar refractivity (Wildman–Crippen MR) is 171 cm³/mol. The molecule has 0 N–H and O–H groups in total. The van der Waals surface area contributed by atoms with Crippen LogP contribution in [0.4, 0.5) is 0 Å². The van der Waals surface area contributed by atoms with Crippen LogP contribution in [0.2, 0.25) is 0 Å². The Bertz CT molecular complexity index is 2070. The highest BCUT2D eigenvalue weighted by Gasteiger charge is 2.33. The lowest BCUT2D eigenvalue weighted by Gasteiger charge is -2.24. The zero-order chi connectivity index (χ0) is 30.2. The van der Waals surface area contributed by atoms with Crippen molar-refractivity contribution < 1.29 is 14.3 Å². The van der Waals surface area contributed by atoms with Gasteiger partial charge in [0.15, 0.2) is 4.80 Å². The molecule has 8 heteroatoms. The highest BCUT2D eigenvalue weighted by molar-refractivity contribution is 7.07. The van der Waals surface area contributed by atoms with Crippen molar-refractivity contribution in [2.75, 3.05) is 13.2 Å². The second kappa shape index (κ2) is 11.5. The van der Waals surface area contributed by atoms with Crippen LogP contribution in [0.15, 0.2) is 93.9 Å². The molecule has 0 saturated carbocycles. The molecule has 0 radical (unpaired) electrons. The van der Waals surface area contributed by atoms with Crippen molar-refractivity contribution in [1.82, 2.24) is 9.13 Å². The number of benzene rings is 3. The van der Waals surface area contributed by atoms with Crippen LogP contribution in [0.1, 0.15) is 49.3 Å². The maximum Gasteiger partial charge on any atom is 0.338 e. The third-order valence-electron chi connectivity index (χ3n) is 7.79. The molecule has 1 aliphatic rings. The minimum absolute atomic E-state index is 0.202. The molecule has 0 amide bonds. The van der Waals surface area contributed by atoms with Crippen LogP contribution in [0.25, 0.3) is 22.5 Å². The van der Waals surface area contributed by atoms with Crippen molar-refractivity contribution in [2.24, 2.45) is 4.99 Å². The molecule has 0 aliphatic carbocycles.